The lowest BCUT2D eigenvalue weighted by atomic mass is 9.94. The zero-order chi connectivity index (χ0) is 26.6. The molecule has 1 aliphatic rings. The number of pyridine rings is 1. The van der Waals surface area contributed by atoms with E-state index in [0.717, 1.165) is 49.8 Å². The smallest absolute Gasteiger partial charge is 0.303 e. The molecule has 0 spiro atoms. The molecule has 1 aromatic heterocycles. The van der Waals surface area contributed by atoms with Crippen molar-refractivity contribution in [1.82, 2.24) is 4.98 Å². The lowest BCUT2D eigenvalue weighted by Gasteiger charge is -2.15. The molecule has 0 bridgehead atoms. The summed E-state index contributed by atoms with van der Waals surface area (Å²) >= 11 is 1.64. The third kappa shape index (κ3) is 7.26. The maximum Gasteiger partial charge on any atom is 0.303 e. The monoisotopic (exact) mass is 541 g/mol. The van der Waals surface area contributed by atoms with Crippen molar-refractivity contribution in [2.75, 3.05) is 24.4 Å². The number of benzene rings is 2. The minimum Gasteiger partial charge on any atom is -0.494 e. The van der Waals surface area contributed by atoms with E-state index in [1.54, 1.807) is 18.0 Å². The van der Waals surface area contributed by atoms with Crippen LogP contribution in [0.4, 0.5) is 0 Å². The predicted molar refractivity (Wildman–Crippen MR) is 145 cm³/mol. The molecule has 0 unspecified atom stereocenters. The van der Waals surface area contributed by atoms with Gasteiger partial charge in [-0.1, -0.05) is 18.2 Å². The number of hydrogen-bond acceptors (Lipinski definition) is 7. The lowest BCUT2D eigenvalue weighted by Crippen LogP contribution is -2.08. The number of carboxylic acids is 1. The molecule has 0 saturated heterocycles. The number of aryl methyl sites for hydroxylation is 2. The highest BCUT2D eigenvalue weighted by Gasteiger charge is 2.26. The van der Waals surface area contributed by atoms with Gasteiger partial charge >= 0.3 is 5.97 Å². The van der Waals surface area contributed by atoms with Crippen molar-refractivity contribution in [3.05, 3.63) is 70.9 Å². The summed E-state index contributed by atoms with van der Waals surface area (Å²) in [5, 5.41) is 9.11. The molecule has 2 heterocycles. The Morgan fingerprint density at radius 3 is 2.59 bits per heavy atom. The Morgan fingerprint density at radius 2 is 1.89 bits per heavy atom. The summed E-state index contributed by atoms with van der Waals surface area (Å²) in [6, 6.07) is 14.1. The summed E-state index contributed by atoms with van der Waals surface area (Å²) in [6.45, 7) is 4.80. The fourth-order valence-electron chi connectivity index (χ4n) is 4.55. The van der Waals surface area contributed by atoms with Crippen LogP contribution in [-0.2, 0) is 21.2 Å². The van der Waals surface area contributed by atoms with Crippen molar-refractivity contribution in [3.63, 3.8) is 0 Å². The normalized spacial score (nSPS) is 14.8. The molecular weight excluding hydrogens is 510 g/mol. The second kappa shape index (κ2) is 11.6. The average Bonchev–Trinajstić information content (AvgIpc) is 3.21. The minimum absolute atomic E-state index is 0.00788. The number of ether oxygens (including phenoxy) is 2. The lowest BCUT2D eigenvalue weighted by molar-refractivity contribution is -0.137. The largest absolute Gasteiger partial charge is 0.494 e. The van der Waals surface area contributed by atoms with Crippen molar-refractivity contribution in [2.45, 2.75) is 44.1 Å². The van der Waals surface area contributed by atoms with Gasteiger partial charge in [0.05, 0.1) is 18.8 Å². The van der Waals surface area contributed by atoms with E-state index in [9.17, 15) is 13.2 Å². The number of carbonyl (C=O) groups is 1. The van der Waals surface area contributed by atoms with Gasteiger partial charge in [-0.3, -0.25) is 4.79 Å². The van der Waals surface area contributed by atoms with Crippen LogP contribution in [0.5, 0.6) is 11.6 Å². The van der Waals surface area contributed by atoms with Crippen LogP contribution in [0.15, 0.2) is 53.6 Å². The maximum absolute atomic E-state index is 11.3. The first-order valence-corrected chi connectivity index (χ1v) is 15.1. The van der Waals surface area contributed by atoms with Crippen molar-refractivity contribution in [1.29, 1.82) is 0 Å². The van der Waals surface area contributed by atoms with Gasteiger partial charge in [-0.05, 0) is 71.8 Å². The van der Waals surface area contributed by atoms with Crippen LogP contribution in [0.25, 0.3) is 11.1 Å². The molecule has 1 aliphatic heterocycles. The van der Waals surface area contributed by atoms with Crippen molar-refractivity contribution < 1.29 is 27.8 Å². The Hall–Kier alpha value is -3.04. The summed E-state index contributed by atoms with van der Waals surface area (Å²) < 4.78 is 34.4. The van der Waals surface area contributed by atoms with Crippen LogP contribution in [0.1, 0.15) is 41.0 Å². The second-order valence-corrected chi connectivity index (χ2v) is 12.7. The van der Waals surface area contributed by atoms with Gasteiger partial charge in [0.1, 0.15) is 22.2 Å². The summed E-state index contributed by atoms with van der Waals surface area (Å²) in [7, 11) is -2.99. The minimum atomic E-state index is -2.99. The SMILES string of the molecule is Cc1cc(OCCCS(C)(=O)=O)cc(C)c1-c1cccc(COc2cc3c(cn2)[C@@H](CC(=O)O)CS3)c1. The molecule has 0 saturated carbocycles. The fraction of sp³-hybridized carbons (Fsp3) is 0.357. The van der Waals surface area contributed by atoms with Gasteiger partial charge in [0, 0.05) is 35.1 Å². The molecule has 0 radical (unpaired) electrons. The van der Waals surface area contributed by atoms with Crippen LogP contribution in [-0.4, -0.2) is 48.8 Å². The quantitative estimate of drug-likeness (QED) is 0.321. The van der Waals surface area contributed by atoms with Crippen molar-refractivity contribution in [2.24, 2.45) is 0 Å². The van der Waals surface area contributed by atoms with E-state index in [2.05, 4.69) is 17.1 Å². The fourth-order valence-corrected chi connectivity index (χ4v) is 6.44. The van der Waals surface area contributed by atoms with Gasteiger partial charge in [-0.15, -0.1) is 11.8 Å². The number of hydrogen-bond donors (Lipinski definition) is 1. The maximum atomic E-state index is 11.3. The standard InChI is InChI=1S/C28H31NO6S2/c1-18-10-23(34-8-5-9-37(3,32)33)11-19(2)28(18)21-7-4-6-20(12-21)16-35-26-14-25-24(15-29-26)22(17-36-25)13-27(30)31/h4,6-7,10-12,14-15,22H,5,8-9,13,16-17H2,1-3H3,(H,30,31)/t22-/m0/s1. The molecule has 1 atom stereocenters. The average molecular weight is 542 g/mol. The van der Waals surface area contributed by atoms with Crippen molar-refractivity contribution >= 4 is 27.6 Å². The van der Waals surface area contributed by atoms with Gasteiger partial charge in [0.25, 0.3) is 0 Å². The molecule has 0 amide bonds. The first-order valence-electron chi connectivity index (χ1n) is 12.1. The number of fused-ring (bicyclic) bond motifs is 1. The first kappa shape index (κ1) is 27.0. The van der Waals surface area contributed by atoms with Crippen LogP contribution in [0.2, 0.25) is 0 Å². The molecule has 0 aliphatic carbocycles. The zero-order valence-electron chi connectivity index (χ0n) is 21.2. The highest BCUT2D eigenvalue weighted by Crippen LogP contribution is 2.42. The van der Waals surface area contributed by atoms with Crippen molar-refractivity contribution in [3.8, 4) is 22.8 Å². The summed E-state index contributed by atoms with van der Waals surface area (Å²) in [4.78, 5) is 16.5. The molecule has 0 fully saturated rings. The van der Waals surface area contributed by atoms with Crippen LogP contribution < -0.4 is 9.47 Å². The van der Waals surface area contributed by atoms with E-state index in [1.165, 1.54) is 6.26 Å². The Labute approximate surface area is 222 Å². The van der Waals surface area contributed by atoms with E-state index < -0.39 is 15.8 Å². The van der Waals surface area contributed by atoms with E-state index >= 15 is 0 Å². The number of sulfone groups is 1. The van der Waals surface area contributed by atoms with E-state index in [1.807, 2.05) is 44.2 Å². The van der Waals surface area contributed by atoms with Gasteiger partial charge in [0.2, 0.25) is 5.88 Å². The molecular formula is C28H31NO6S2. The molecule has 2 aromatic carbocycles. The molecule has 3 aromatic rings. The predicted octanol–water partition coefficient (Wildman–Crippen LogP) is 5.42. The van der Waals surface area contributed by atoms with Crippen LogP contribution in [0, 0.1) is 13.8 Å². The first-order chi connectivity index (χ1) is 17.6. The summed E-state index contributed by atoms with van der Waals surface area (Å²) in [6.07, 6.45) is 3.55. The van der Waals surface area contributed by atoms with E-state index in [0.29, 0.717) is 25.5 Å². The van der Waals surface area contributed by atoms with E-state index in [4.69, 9.17) is 14.6 Å². The highest BCUT2D eigenvalue weighted by molar-refractivity contribution is 7.99. The molecule has 37 heavy (non-hydrogen) atoms. The third-order valence-corrected chi connectivity index (χ3v) is 8.47. The number of aromatic nitrogens is 1. The van der Waals surface area contributed by atoms with Gasteiger partial charge < -0.3 is 14.6 Å². The van der Waals surface area contributed by atoms with Crippen LogP contribution in [0.3, 0.4) is 0 Å². The molecule has 4 rings (SSSR count). The summed E-state index contributed by atoms with van der Waals surface area (Å²) in [5.74, 6) is 1.32. The topological polar surface area (TPSA) is 103 Å². The number of rotatable bonds is 11. The zero-order valence-corrected chi connectivity index (χ0v) is 22.8. The molecule has 196 valence electrons. The van der Waals surface area contributed by atoms with Gasteiger partial charge in [-0.25, -0.2) is 13.4 Å². The van der Waals surface area contributed by atoms with Crippen LogP contribution >= 0.6 is 11.8 Å². The molecule has 1 N–H and O–H groups in total. The second-order valence-electron chi connectivity index (χ2n) is 9.42. The van der Waals surface area contributed by atoms with E-state index in [-0.39, 0.29) is 18.1 Å². The highest BCUT2D eigenvalue weighted by atomic mass is 32.2. The Kier molecular flexibility index (Phi) is 8.44. The molecule has 9 heteroatoms. The number of nitrogens with zero attached hydrogens (tertiary/aromatic N) is 1. The molecule has 7 nitrogen and oxygen atoms in total. The Morgan fingerprint density at radius 1 is 1.14 bits per heavy atom. The number of carboxylic acid groups (broad SMARTS) is 1. The Bertz CT molecular complexity index is 1380. The van der Waals surface area contributed by atoms with Gasteiger partial charge in [0.15, 0.2) is 0 Å². The Balaban J connectivity index is 1.42. The number of aliphatic carboxylic acids is 1. The van der Waals surface area contributed by atoms with Gasteiger partial charge in [-0.2, -0.15) is 0 Å². The third-order valence-electron chi connectivity index (χ3n) is 6.21. The summed E-state index contributed by atoms with van der Waals surface area (Å²) in [5.41, 5.74) is 6.34. The number of thioether (sulfide) groups is 1.